The molecule has 0 N–H and O–H groups in total. The molecule has 0 bridgehead atoms. The van der Waals surface area contributed by atoms with Gasteiger partial charge in [0.15, 0.2) is 0 Å². The zero-order valence-electron chi connectivity index (χ0n) is 18.0. The smallest absolute Gasteiger partial charge is 0.137 e. The number of hydrogen-bond donors (Lipinski definition) is 0. The van der Waals surface area contributed by atoms with E-state index >= 15 is 0 Å². The monoisotopic (exact) mass is 420 g/mol. The Hall–Kier alpha value is -3.19. The van der Waals surface area contributed by atoms with Crippen molar-refractivity contribution in [3.05, 3.63) is 66.0 Å². The third-order valence-corrected chi connectivity index (χ3v) is 5.94. The number of likely N-dealkylation sites (tertiary alicyclic amines) is 1. The van der Waals surface area contributed by atoms with Crippen LogP contribution in [0.1, 0.15) is 42.9 Å². The van der Waals surface area contributed by atoms with Gasteiger partial charge in [0, 0.05) is 12.6 Å². The number of rotatable bonds is 7. The van der Waals surface area contributed by atoms with Gasteiger partial charge in [-0.05, 0) is 42.7 Å². The van der Waals surface area contributed by atoms with Crippen LogP contribution in [0.5, 0.6) is 11.5 Å². The summed E-state index contributed by atoms with van der Waals surface area (Å²) in [6, 6.07) is 13.8. The SMILES string of the molecule is COc1cccc(OC)c1C1CCCCC(C=O)N1Cc1cccc(-n2nccn2)c1. The van der Waals surface area contributed by atoms with Crippen LogP contribution in [-0.4, -0.2) is 46.4 Å². The molecule has 4 rings (SSSR count). The van der Waals surface area contributed by atoms with E-state index in [0.29, 0.717) is 6.54 Å². The fourth-order valence-corrected chi connectivity index (χ4v) is 4.49. The number of methoxy groups -OCH3 is 2. The normalized spacial score (nSPS) is 19.5. The van der Waals surface area contributed by atoms with Crippen molar-refractivity contribution in [2.24, 2.45) is 0 Å². The molecule has 0 saturated carbocycles. The van der Waals surface area contributed by atoms with Crippen LogP contribution in [0.25, 0.3) is 5.69 Å². The van der Waals surface area contributed by atoms with E-state index in [-0.39, 0.29) is 12.1 Å². The van der Waals surface area contributed by atoms with E-state index in [1.807, 2.05) is 30.3 Å². The number of benzene rings is 2. The van der Waals surface area contributed by atoms with Crippen LogP contribution >= 0.6 is 0 Å². The average molecular weight is 421 g/mol. The first-order valence-corrected chi connectivity index (χ1v) is 10.6. The lowest BCUT2D eigenvalue weighted by Crippen LogP contribution is -2.38. The highest BCUT2D eigenvalue weighted by Crippen LogP contribution is 2.43. The Balaban J connectivity index is 1.74. The summed E-state index contributed by atoms with van der Waals surface area (Å²) in [5, 5.41) is 8.46. The molecule has 2 aromatic carbocycles. The van der Waals surface area contributed by atoms with Gasteiger partial charge in [0.2, 0.25) is 0 Å². The topological polar surface area (TPSA) is 69.5 Å². The second-order valence-corrected chi connectivity index (χ2v) is 7.74. The molecule has 0 amide bonds. The Labute approximate surface area is 182 Å². The molecule has 1 aliphatic rings. The van der Waals surface area contributed by atoms with Crippen molar-refractivity contribution in [1.29, 1.82) is 0 Å². The summed E-state index contributed by atoms with van der Waals surface area (Å²) in [5.41, 5.74) is 3.00. The second-order valence-electron chi connectivity index (χ2n) is 7.74. The van der Waals surface area contributed by atoms with Crippen LogP contribution in [0.3, 0.4) is 0 Å². The zero-order valence-corrected chi connectivity index (χ0v) is 18.0. The summed E-state index contributed by atoms with van der Waals surface area (Å²) in [6.45, 7) is 0.629. The number of carbonyl (C=O) groups excluding carboxylic acids is 1. The lowest BCUT2D eigenvalue weighted by Gasteiger charge is -2.35. The van der Waals surface area contributed by atoms with Crippen LogP contribution in [0.4, 0.5) is 0 Å². The lowest BCUT2D eigenvalue weighted by atomic mass is 9.97. The van der Waals surface area contributed by atoms with Gasteiger partial charge in [-0.1, -0.05) is 31.0 Å². The molecule has 162 valence electrons. The van der Waals surface area contributed by atoms with Crippen LogP contribution < -0.4 is 9.47 Å². The van der Waals surface area contributed by atoms with Gasteiger partial charge >= 0.3 is 0 Å². The Kier molecular flexibility index (Phi) is 6.62. The largest absolute Gasteiger partial charge is 0.496 e. The number of carbonyl (C=O) groups is 1. The molecule has 2 atom stereocenters. The summed E-state index contributed by atoms with van der Waals surface area (Å²) in [5.74, 6) is 1.57. The van der Waals surface area contributed by atoms with E-state index in [4.69, 9.17) is 9.47 Å². The van der Waals surface area contributed by atoms with Gasteiger partial charge in [0.05, 0.1) is 43.9 Å². The highest BCUT2D eigenvalue weighted by molar-refractivity contribution is 5.58. The van der Waals surface area contributed by atoms with Crippen LogP contribution in [0.15, 0.2) is 54.9 Å². The molecule has 0 radical (unpaired) electrons. The fraction of sp³-hybridized carbons (Fsp3) is 0.375. The summed E-state index contributed by atoms with van der Waals surface area (Å²) >= 11 is 0. The summed E-state index contributed by atoms with van der Waals surface area (Å²) in [6.07, 6.45) is 8.25. The maximum absolute atomic E-state index is 12.1. The van der Waals surface area contributed by atoms with Crippen molar-refractivity contribution >= 4 is 6.29 Å². The van der Waals surface area contributed by atoms with Gasteiger partial charge in [-0.15, -0.1) is 0 Å². The molecule has 1 saturated heterocycles. The van der Waals surface area contributed by atoms with Crippen LogP contribution in [0, 0.1) is 0 Å². The van der Waals surface area contributed by atoms with Crippen molar-refractivity contribution in [2.75, 3.05) is 14.2 Å². The van der Waals surface area contributed by atoms with Crippen molar-refractivity contribution in [3.8, 4) is 17.2 Å². The molecule has 7 nitrogen and oxygen atoms in total. The molecular formula is C24H28N4O3. The average Bonchev–Trinajstić information content (AvgIpc) is 3.28. The van der Waals surface area contributed by atoms with E-state index in [0.717, 1.165) is 60.3 Å². The molecule has 1 aromatic heterocycles. The Morgan fingerprint density at radius 2 is 1.68 bits per heavy atom. The minimum absolute atomic E-state index is 0.00952. The predicted molar refractivity (Wildman–Crippen MR) is 118 cm³/mol. The van der Waals surface area contributed by atoms with E-state index in [1.54, 1.807) is 31.4 Å². The second kappa shape index (κ2) is 9.75. The molecule has 2 heterocycles. The Morgan fingerprint density at radius 1 is 1.00 bits per heavy atom. The van der Waals surface area contributed by atoms with E-state index in [2.05, 4.69) is 27.2 Å². The standard InChI is InChI=1S/C24H28N4O3/c1-30-22-11-6-12-23(31-2)24(22)21-10-4-3-8-20(17-29)27(21)16-18-7-5-9-19(15-18)28-25-13-14-26-28/h5-7,9,11-15,17,20-21H,3-4,8,10,16H2,1-2H3. The van der Waals surface area contributed by atoms with Gasteiger partial charge in [-0.25, -0.2) is 0 Å². The van der Waals surface area contributed by atoms with Crippen LogP contribution in [0.2, 0.25) is 0 Å². The molecule has 3 aromatic rings. The maximum atomic E-state index is 12.1. The molecule has 31 heavy (non-hydrogen) atoms. The first-order chi connectivity index (χ1) is 15.2. The third kappa shape index (κ3) is 4.46. The Morgan fingerprint density at radius 3 is 2.35 bits per heavy atom. The molecule has 0 spiro atoms. The van der Waals surface area contributed by atoms with Gasteiger partial charge < -0.3 is 14.3 Å². The summed E-state index contributed by atoms with van der Waals surface area (Å²) < 4.78 is 11.4. The minimum atomic E-state index is -0.173. The van der Waals surface area contributed by atoms with Crippen molar-refractivity contribution in [3.63, 3.8) is 0 Å². The minimum Gasteiger partial charge on any atom is -0.496 e. The number of ether oxygens (including phenoxy) is 2. The van der Waals surface area contributed by atoms with Gasteiger partial charge in [0.1, 0.15) is 17.8 Å². The predicted octanol–water partition coefficient (Wildman–Crippen LogP) is 3.97. The molecule has 2 unspecified atom stereocenters. The Bertz CT molecular complexity index is 984. The highest BCUT2D eigenvalue weighted by atomic mass is 16.5. The summed E-state index contributed by atoms with van der Waals surface area (Å²) in [4.78, 5) is 16.0. The quantitative estimate of drug-likeness (QED) is 0.539. The zero-order chi connectivity index (χ0) is 21.6. The molecule has 0 aliphatic carbocycles. The first-order valence-electron chi connectivity index (χ1n) is 10.6. The number of nitrogens with zero attached hydrogens (tertiary/aromatic N) is 4. The highest BCUT2D eigenvalue weighted by Gasteiger charge is 2.33. The number of aldehydes is 1. The number of hydrogen-bond acceptors (Lipinski definition) is 6. The summed E-state index contributed by atoms with van der Waals surface area (Å²) in [7, 11) is 3.36. The van der Waals surface area contributed by atoms with E-state index in [1.165, 1.54) is 0 Å². The maximum Gasteiger partial charge on any atom is 0.137 e. The fourth-order valence-electron chi connectivity index (χ4n) is 4.49. The molecule has 7 heteroatoms. The number of aromatic nitrogens is 3. The van der Waals surface area contributed by atoms with Gasteiger partial charge in [-0.3, -0.25) is 4.90 Å². The third-order valence-electron chi connectivity index (χ3n) is 5.94. The first kappa shape index (κ1) is 21.1. The van der Waals surface area contributed by atoms with Crippen molar-refractivity contribution in [2.45, 2.75) is 44.3 Å². The van der Waals surface area contributed by atoms with E-state index in [9.17, 15) is 4.79 Å². The molecule has 1 fully saturated rings. The van der Waals surface area contributed by atoms with Crippen LogP contribution in [-0.2, 0) is 11.3 Å². The lowest BCUT2D eigenvalue weighted by molar-refractivity contribution is -0.113. The van der Waals surface area contributed by atoms with Crippen molar-refractivity contribution in [1.82, 2.24) is 19.9 Å². The van der Waals surface area contributed by atoms with Crippen molar-refractivity contribution < 1.29 is 14.3 Å². The molecular weight excluding hydrogens is 392 g/mol. The van der Waals surface area contributed by atoms with Gasteiger partial charge in [-0.2, -0.15) is 15.0 Å². The van der Waals surface area contributed by atoms with E-state index < -0.39 is 0 Å². The molecule has 1 aliphatic heterocycles. The van der Waals surface area contributed by atoms with Gasteiger partial charge in [0.25, 0.3) is 0 Å².